The number of rotatable bonds is 5. The van der Waals surface area contributed by atoms with Crippen LogP contribution in [0, 0.1) is 11.6 Å². The minimum absolute atomic E-state index is 0.0567. The second-order valence-electron chi connectivity index (χ2n) is 5.33. The van der Waals surface area contributed by atoms with E-state index < -0.39 is 11.6 Å². The Morgan fingerprint density at radius 2 is 1.85 bits per heavy atom. The van der Waals surface area contributed by atoms with Crippen LogP contribution < -0.4 is 15.4 Å². The summed E-state index contributed by atoms with van der Waals surface area (Å²) >= 11 is 0. The van der Waals surface area contributed by atoms with Gasteiger partial charge in [0.1, 0.15) is 23.2 Å². The first kappa shape index (κ1) is 17.3. The fourth-order valence-corrected chi connectivity index (χ4v) is 2.31. The summed E-state index contributed by atoms with van der Waals surface area (Å²) < 4.78 is 31.9. The number of carbonyl (C=O) groups is 1. The van der Waals surface area contributed by atoms with E-state index in [1.807, 2.05) is 0 Å². The predicted molar refractivity (Wildman–Crippen MR) is 94.8 cm³/mol. The Kier molecular flexibility index (Phi) is 5.07. The molecule has 132 valence electrons. The molecular formula is C19H15F2N3O2. The number of para-hydroxylation sites is 2. The van der Waals surface area contributed by atoms with Crippen LogP contribution in [0.3, 0.4) is 0 Å². The summed E-state index contributed by atoms with van der Waals surface area (Å²) in [6, 6.07) is 13.1. The third-order valence-electron chi connectivity index (χ3n) is 3.57. The quantitative estimate of drug-likeness (QED) is 0.714. The lowest BCUT2D eigenvalue weighted by atomic mass is 10.2. The van der Waals surface area contributed by atoms with Crippen molar-refractivity contribution in [2.75, 3.05) is 17.7 Å². The zero-order chi connectivity index (χ0) is 18.5. The van der Waals surface area contributed by atoms with Gasteiger partial charge in [0, 0.05) is 17.8 Å². The van der Waals surface area contributed by atoms with Crippen molar-refractivity contribution in [1.82, 2.24) is 4.98 Å². The molecule has 0 atom stereocenters. The molecule has 0 radical (unpaired) electrons. The number of amides is 1. The summed E-state index contributed by atoms with van der Waals surface area (Å²) in [5.41, 5.74) is 0.896. The Morgan fingerprint density at radius 1 is 1.04 bits per heavy atom. The molecule has 0 aliphatic rings. The molecule has 0 bridgehead atoms. The van der Waals surface area contributed by atoms with Gasteiger partial charge in [-0.3, -0.25) is 4.79 Å². The molecule has 26 heavy (non-hydrogen) atoms. The highest BCUT2D eigenvalue weighted by atomic mass is 19.1. The standard InChI is InChI=1S/C19H15F2N3O2/c1-26-17-5-3-2-4-16(17)24-19(25)12-8-9-22-18(10-12)23-15-7-6-13(20)11-14(15)21/h2-11H,1H3,(H,22,23)(H,24,25). The number of hydrogen-bond donors (Lipinski definition) is 2. The van der Waals surface area contributed by atoms with Crippen molar-refractivity contribution < 1.29 is 18.3 Å². The number of benzene rings is 2. The van der Waals surface area contributed by atoms with Crippen molar-refractivity contribution >= 4 is 23.1 Å². The number of halogens is 2. The van der Waals surface area contributed by atoms with Gasteiger partial charge in [-0.2, -0.15) is 0 Å². The normalized spacial score (nSPS) is 10.3. The molecule has 7 heteroatoms. The van der Waals surface area contributed by atoms with Crippen molar-refractivity contribution in [3.05, 3.63) is 78.0 Å². The third kappa shape index (κ3) is 3.94. The summed E-state index contributed by atoms with van der Waals surface area (Å²) in [7, 11) is 1.51. The molecule has 1 heterocycles. The van der Waals surface area contributed by atoms with Crippen LogP contribution in [0.25, 0.3) is 0 Å². The number of carbonyl (C=O) groups excluding carboxylic acids is 1. The van der Waals surface area contributed by atoms with E-state index >= 15 is 0 Å². The van der Waals surface area contributed by atoms with E-state index in [9.17, 15) is 13.6 Å². The van der Waals surface area contributed by atoms with Crippen molar-refractivity contribution in [2.24, 2.45) is 0 Å². The Balaban J connectivity index is 1.79. The van der Waals surface area contributed by atoms with Crippen LogP contribution in [-0.4, -0.2) is 18.0 Å². The highest BCUT2D eigenvalue weighted by Gasteiger charge is 2.11. The highest BCUT2D eigenvalue weighted by molar-refractivity contribution is 6.05. The van der Waals surface area contributed by atoms with Crippen LogP contribution in [0.15, 0.2) is 60.8 Å². The minimum Gasteiger partial charge on any atom is -0.495 e. The monoisotopic (exact) mass is 355 g/mol. The maximum absolute atomic E-state index is 13.7. The van der Waals surface area contributed by atoms with Crippen LogP contribution >= 0.6 is 0 Å². The van der Waals surface area contributed by atoms with Crippen LogP contribution in [-0.2, 0) is 0 Å². The Hall–Kier alpha value is -3.48. The van der Waals surface area contributed by atoms with E-state index in [0.29, 0.717) is 17.0 Å². The van der Waals surface area contributed by atoms with Gasteiger partial charge in [-0.25, -0.2) is 13.8 Å². The van der Waals surface area contributed by atoms with Gasteiger partial charge in [-0.15, -0.1) is 0 Å². The lowest BCUT2D eigenvalue weighted by Gasteiger charge is -2.11. The van der Waals surface area contributed by atoms with Crippen molar-refractivity contribution in [2.45, 2.75) is 0 Å². The summed E-state index contributed by atoms with van der Waals surface area (Å²) in [6.45, 7) is 0. The molecule has 0 aliphatic carbocycles. The number of pyridine rings is 1. The van der Waals surface area contributed by atoms with Gasteiger partial charge in [-0.05, 0) is 36.4 Å². The Bertz CT molecular complexity index is 948. The van der Waals surface area contributed by atoms with E-state index in [2.05, 4.69) is 15.6 Å². The molecule has 0 aliphatic heterocycles. The molecule has 1 aromatic heterocycles. The molecule has 2 N–H and O–H groups in total. The number of ether oxygens (including phenoxy) is 1. The lowest BCUT2D eigenvalue weighted by Crippen LogP contribution is -2.13. The van der Waals surface area contributed by atoms with Crippen LogP contribution in [0.5, 0.6) is 5.75 Å². The topological polar surface area (TPSA) is 63.2 Å². The van der Waals surface area contributed by atoms with Gasteiger partial charge in [0.15, 0.2) is 0 Å². The number of anilines is 3. The molecule has 1 amide bonds. The molecule has 0 saturated carbocycles. The summed E-state index contributed by atoms with van der Waals surface area (Å²) in [5, 5.41) is 5.47. The van der Waals surface area contributed by atoms with Gasteiger partial charge in [-0.1, -0.05) is 12.1 Å². The first-order valence-corrected chi connectivity index (χ1v) is 7.69. The Labute approximate surface area is 148 Å². The number of nitrogens with zero attached hydrogens (tertiary/aromatic N) is 1. The fraction of sp³-hybridized carbons (Fsp3) is 0.0526. The molecule has 5 nitrogen and oxygen atoms in total. The lowest BCUT2D eigenvalue weighted by molar-refractivity contribution is 0.102. The van der Waals surface area contributed by atoms with Crippen molar-refractivity contribution in [3.8, 4) is 5.75 Å². The highest BCUT2D eigenvalue weighted by Crippen LogP contribution is 2.24. The second-order valence-corrected chi connectivity index (χ2v) is 5.33. The van der Waals surface area contributed by atoms with E-state index in [-0.39, 0.29) is 17.4 Å². The largest absolute Gasteiger partial charge is 0.495 e. The van der Waals surface area contributed by atoms with Gasteiger partial charge >= 0.3 is 0 Å². The van der Waals surface area contributed by atoms with Gasteiger partial charge in [0.2, 0.25) is 0 Å². The van der Waals surface area contributed by atoms with Crippen LogP contribution in [0.4, 0.5) is 26.0 Å². The van der Waals surface area contributed by atoms with E-state index in [1.165, 1.54) is 31.5 Å². The first-order valence-electron chi connectivity index (χ1n) is 7.69. The number of nitrogens with one attached hydrogen (secondary N) is 2. The Morgan fingerprint density at radius 3 is 2.62 bits per heavy atom. The summed E-state index contributed by atoms with van der Waals surface area (Å²) in [6.07, 6.45) is 1.42. The number of hydrogen-bond acceptors (Lipinski definition) is 4. The number of aromatic nitrogens is 1. The first-order chi connectivity index (χ1) is 12.6. The smallest absolute Gasteiger partial charge is 0.255 e. The average Bonchev–Trinajstić information content (AvgIpc) is 2.65. The van der Waals surface area contributed by atoms with E-state index in [4.69, 9.17) is 4.74 Å². The molecule has 3 rings (SSSR count). The van der Waals surface area contributed by atoms with Gasteiger partial charge < -0.3 is 15.4 Å². The summed E-state index contributed by atoms with van der Waals surface area (Å²) in [4.78, 5) is 16.5. The maximum atomic E-state index is 13.7. The van der Waals surface area contributed by atoms with E-state index in [0.717, 1.165) is 12.1 Å². The van der Waals surface area contributed by atoms with Gasteiger partial charge in [0.05, 0.1) is 18.5 Å². The molecular weight excluding hydrogens is 340 g/mol. The summed E-state index contributed by atoms with van der Waals surface area (Å²) in [5.74, 6) is -1.02. The molecule has 0 saturated heterocycles. The molecule has 2 aromatic carbocycles. The van der Waals surface area contributed by atoms with Crippen molar-refractivity contribution in [1.29, 1.82) is 0 Å². The molecule has 0 spiro atoms. The molecule has 0 unspecified atom stereocenters. The zero-order valence-corrected chi connectivity index (χ0v) is 13.8. The molecule has 0 fully saturated rings. The van der Waals surface area contributed by atoms with Crippen LogP contribution in [0.2, 0.25) is 0 Å². The SMILES string of the molecule is COc1ccccc1NC(=O)c1ccnc(Nc2ccc(F)cc2F)c1. The van der Waals surface area contributed by atoms with E-state index in [1.54, 1.807) is 24.3 Å². The fourth-order valence-electron chi connectivity index (χ4n) is 2.31. The van der Waals surface area contributed by atoms with Crippen LogP contribution in [0.1, 0.15) is 10.4 Å². The maximum Gasteiger partial charge on any atom is 0.255 e. The zero-order valence-electron chi connectivity index (χ0n) is 13.8. The average molecular weight is 355 g/mol. The second kappa shape index (κ2) is 7.60. The minimum atomic E-state index is -0.754. The molecule has 3 aromatic rings. The number of methoxy groups -OCH3 is 1. The predicted octanol–water partition coefficient (Wildman–Crippen LogP) is 4.36. The van der Waals surface area contributed by atoms with Crippen molar-refractivity contribution in [3.63, 3.8) is 0 Å². The third-order valence-corrected chi connectivity index (χ3v) is 3.57. The van der Waals surface area contributed by atoms with Gasteiger partial charge in [0.25, 0.3) is 5.91 Å².